The van der Waals surface area contributed by atoms with Crippen LogP contribution < -0.4 is 14.9 Å². The lowest BCUT2D eigenvalue weighted by atomic mass is 10.1. The number of nitrogens with zero attached hydrogens (tertiary/aromatic N) is 1. The zero-order chi connectivity index (χ0) is 21.3. The van der Waals surface area contributed by atoms with E-state index in [1.54, 1.807) is 48.5 Å². The number of amides is 1. The van der Waals surface area contributed by atoms with Gasteiger partial charge >= 0.3 is 5.97 Å². The van der Waals surface area contributed by atoms with E-state index in [2.05, 4.69) is 10.5 Å². The van der Waals surface area contributed by atoms with E-state index >= 15 is 0 Å². The molecule has 0 saturated heterocycles. The first kappa shape index (κ1) is 20.8. The quantitative estimate of drug-likeness (QED) is 0.280. The summed E-state index contributed by atoms with van der Waals surface area (Å²) in [7, 11) is 0. The Morgan fingerprint density at radius 1 is 0.900 bits per heavy atom. The molecule has 0 saturated carbocycles. The minimum Gasteiger partial charge on any atom is -0.484 e. The summed E-state index contributed by atoms with van der Waals surface area (Å²) < 4.78 is 10.8. The molecule has 30 heavy (non-hydrogen) atoms. The molecule has 6 heteroatoms. The Kier molecular flexibility index (Phi) is 6.95. The van der Waals surface area contributed by atoms with Gasteiger partial charge in [-0.15, -0.1) is 0 Å². The van der Waals surface area contributed by atoms with Gasteiger partial charge in [0.05, 0.1) is 11.8 Å². The standard InChI is InChI=1S/C24H22N2O4/c1-17-7-11-20(12-8-17)29-16-23(27)26-25-15-19-9-13-21(14-10-19)30-24(28)22-6-4-3-5-18(22)2/h3-15H,16H2,1-2H3,(H,26,27)/b25-15+. The number of ether oxygens (including phenoxy) is 2. The van der Waals surface area contributed by atoms with Crippen LogP contribution in [0.15, 0.2) is 77.9 Å². The monoisotopic (exact) mass is 402 g/mol. The van der Waals surface area contributed by atoms with Gasteiger partial charge in [-0.05, 0) is 67.4 Å². The van der Waals surface area contributed by atoms with Crippen molar-refractivity contribution in [2.24, 2.45) is 5.10 Å². The fourth-order valence-corrected chi connectivity index (χ4v) is 2.58. The Balaban J connectivity index is 1.47. The van der Waals surface area contributed by atoms with Crippen LogP contribution in [0.2, 0.25) is 0 Å². The Bertz CT molecular complexity index is 1040. The van der Waals surface area contributed by atoms with Crippen molar-refractivity contribution in [2.45, 2.75) is 13.8 Å². The lowest BCUT2D eigenvalue weighted by Crippen LogP contribution is -2.24. The van der Waals surface area contributed by atoms with E-state index in [1.165, 1.54) is 6.21 Å². The van der Waals surface area contributed by atoms with Crippen LogP contribution >= 0.6 is 0 Å². The second-order valence-corrected chi connectivity index (χ2v) is 6.67. The summed E-state index contributed by atoms with van der Waals surface area (Å²) >= 11 is 0. The van der Waals surface area contributed by atoms with Gasteiger partial charge in [0, 0.05) is 0 Å². The molecule has 152 valence electrons. The van der Waals surface area contributed by atoms with Gasteiger partial charge in [0.2, 0.25) is 0 Å². The molecule has 0 aromatic heterocycles. The van der Waals surface area contributed by atoms with Gasteiger partial charge in [-0.25, -0.2) is 10.2 Å². The molecule has 0 aliphatic rings. The van der Waals surface area contributed by atoms with E-state index < -0.39 is 5.97 Å². The van der Waals surface area contributed by atoms with E-state index in [4.69, 9.17) is 9.47 Å². The normalized spacial score (nSPS) is 10.6. The second kappa shape index (κ2) is 10.0. The number of benzene rings is 3. The first-order valence-electron chi connectivity index (χ1n) is 9.40. The molecule has 0 unspecified atom stereocenters. The van der Waals surface area contributed by atoms with Crippen molar-refractivity contribution in [3.8, 4) is 11.5 Å². The Morgan fingerprint density at radius 3 is 2.27 bits per heavy atom. The smallest absolute Gasteiger partial charge is 0.343 e. The maximum absolute atomic E-state index is 12.2. The largest absolute Gasteiger partial charge is 0.484 e. The zero-order valence-electron chi connectivity index (χ0n) is 16.8. The minimum atomic E-state index is -0.407. The van der Waals surface area contributed by atoms with Crippen LogP contribution in [0.3, 0.4) is 0 Å². The molecule has 0 atom stereocenters. The van der Waals surface area contributed by atoms with Crippen LogP contribution in [0.4, 0.5) is 0 Å². The summed E-state index contributed by atoms with van der Waals surface area (Å²) in [5.74, 6) is 0.275. The predicted molar refractivity (Wildman–Crippen MR) is 115 cm³/mol. The average molecular weight is 402 g/mol. The molecular formula is C24H22N2O4. The number of hydrogen-bond acceptors (Lipinski definition) is 5. The third kappa shape index (κ3) is 6.04. The topological polar surface area (TPSA) is 77.0 Å². The Hall–Kier alpha value is -3.93. The van der Waals surface area contributed by atoms with Gasteiger partial charge in [-0.3, -0.25) is 4.79 Å². The molecule has 3 aromatic carbocycles. The first-order chi connectivity index (χ1) is 14.5. The van der Waals surface area contributed by atoms with Crippen molar-refractivity contribution < 1.29 is 19.1 Å². The molecule has 0 aliphatic heterocycles. The highest BCUT2D eigenvalue weighted by atomic mass is 16.5. The number of rotatable bonds is 7. The van der Waals surface area contributed by atoms with Crippen LogP contribution in [0, 0.1) is 13.8 Å². The molecule has 0 spiro atoms. The summed E-state index contributed by atoms with van der Waals surface area (Å²) in [6.45, 7) is 3.70. The van der Waals surface area contributed by atoms with Crippen molar-refractivity contribution in [3.05, 3.63) is 95.1 Å². The Labute approximate surface area is 175 Å². The highest BCUT2D eigenvalue weighted by molar-refractivity contribution is 5.92. The van der Waals surface area contributed by atoms with Crippen LogP contribution in [-0.4, -0.2) is 24.7 Å². The summed E-state index contributed by atoms with van der Waals surface area (Å²) in [5.41, 5.74) is 5.65. The SMILES string of the molecule is Cc1ccc(OCC(=O)N/N=C/c2ccc(OC(=O)c3ccccc3C)cc2)cc1. The van der Waals surface area contributed by atoms with Crippen molar-refractivity contribution in [1.29, 1.82) is 0 Å². The average Bonchev–Trinajstić information content (AvgIpc) is 2.75. The highest BCUT2D eigenvalue weighted by Crippen LogP contribution is 2.15. The lowest BCUT2D eigenvalue weighted by Gasteiger charge is -2.07. The second-order valence-electron chi connectivity index (χ2n) is 6.67. The predicted octanol–water partition coefficient (Wildman–Crippen LogP) is 4.05. The molecule has 0 heterocycles. The summed E-state index contributed by atoms with van der Waals surface area (Å²) in [6, 6.07) is 21.5. The van der Waals surface area contributed by atoms with Gasteiger partial charge in [0.25, 0.3) is 5.91 Å². The molecule has 1 amide bonds. The van der Waals surface area contributed by atoms with Gasteiger partial charge in [0.15, 0.2) is 6.61 Å². The molecule has 6 nitrogen and oxygen atoms in total. The molecule has 3 rings (SSSR count). The number of esters is 1. The van der Waals surface area contributed by atoms with E-state index in [-0.39, 0.29) is 12.5 Å². The molecular weight excluding hydrogens is 380 g/mol. The van der Waals surface area contributed by atoms with Crippen molar-refractivity contribution in [3.63, 3.8) is 0 Å². The minimum absolute atomic E-state index is 0.131. The van der Waals surface area contributed by atoms with E-state index in [0.29, 0.717) is 17.1 Å². The van der Waals surface area contributed by atoms with Crippen molar-refractivity contribution in [1.82, 2.24) is 5.43 Å². The molecule has 3 aromatic rings. The van der Waals surface area contributed by atoms with Crippen LogP contribution in [0.1, 0.15) is 27.0 Å². The third-order valence-electron chi connectivity index (χ3n) is 4.25. The zero-order valence-corrected chi connectivity index (χ0v) is 16.8. The van der Waals surface area contributed by atoms with E-state index in [0.717, 1.165) is 16.7 Å². The van der Waals surface area contributed by atoms with Gasteiger partial charge < -0.3 is 9.47 Å². The van der Waals surface area contributed by atoms with E-state index in [9.17, 15) is 9.59 Å². The number of hydrazone groups is 1. The van der Waals surface area contributed by atoms with Gasteiger partial charge in [-0.1, -0.05) is 35.9 Å². The highest BCUT2D eigenvalue weighted by Gasteiger charge is 2.10. The molecule has 0 fully saturated rings. The molecule has 0 bridgehead atoms. The summed E-state index contributed by atoms with van der Waals surface area (Å²) in [6.07, 6.45) is 1.50. The lowest BCUT2D eigenvalue weighted by molar-refractivity contribution is -0.123. The third-order valence-corrected chi connectivity index (χ3v) is 4.25. The van der Waals surface area contributed by atoms with Crippen molar-refractivity contribution >= 4 is 18.1 Å². The summed E-state index contributed by atoms with van der Waals surface area (Å²) in [4.78, 5) is 24.0. The fraction of sp³-hybridized carbons (Fsp3) is 0.125. The van der Waals surface area contributed by atoms with Gasteiger partial charge in [0.1, 0.15) is 11.5 Å². The number of nitrogens with one attached hydrogen (secondary N) is 1. The number of carbonyl (C=O) groups is 2. The van der Waals surface area contributed by atoms with Crippen LogP contribution in [0.5, 0.6) is 11.5 Å². The number of hydrogen-bond donors (Lipinski definition) is 1. The Morgan fingerprint density at radius 2 is 1.57 bits per heavy atom. The molecule has 1 N–H and O–H groups in total. The number of carbonyl (C=O) groups excluding carboxylic acids is 2. The van der Waals surface area contributed by atoms with Crippen molar-refractivity contribution in [2.75, 3.05) is 6.61 Å². The first-order valence-corrected chi connectivity index (χ1v) is 9.40. The maximum Gasteiger partial charge on any atom is 0.343 e. The molecule has 0 radical (unpaired) electrons. The van der Waals surface area contributed by atoms with Gasteiger partial charge in [-0.2, -0.15) is 5.10 Å². The number of aryl methyl sites for hydroxylation is 2. The molecule has 0 aliphatic carbocycles. The van der Waals surface area contributed by atoms with Crippen LogP contribution in [-0.2, 0) is 4.79 Å². The summed E-state index contributed by atoms with van der Waals surface area (Å²) in [5, 5.41) is 3.91. The maximum atomic E-state index is 12.2. The van der Waals surface area contributed by atoms with Crippen LogP contribution in [0.25, 0.3) is 0 Å². The van der Waals surface area contributed by atoms with E-state index in [1.807, 2.05) is 38.1 Å². The fourth-order valence-electron chi connectivity index (χ4n) is 2.58.